The number of pyridine rings is 1. The van der Waals surface area contributed by atoms with Gasteiger partial charge in [0.15, 0.2) is 0 Å². The first-order valence-electron chi connectivity index (χ1n) is 6.95. The van der Waals surface area contributed by atoms with Gasteiger partial charge in [0, 0.05) is 11.1 Å². The van der Waals surface area contributed by atoms with Crippen molar-refractivity contribution >= 4 is 22.9 Å². The number of benzene rings is 1. The lowest BCUT2D eigenvalue weighted by molar-refractivity contribution is -0.141. The van der Waals surface area contributed by atoms with Crippen LogP contribution in [0.2, 0.25) is 0 Å². The van der Waals surface area contributed by atoms with E-state index in [4.69, 9.17) is 5.11 Å². The molecule has 0 saturated heterocycles. The van der Waals surface area contributed by atoms with Gasteiger partial charge < -0.3 is 5.11 Å². The monoisotopic (exact) mass is 267 g/mol. The van der Waals surface area contributed by atoms with Gasteiger partial charge in [0.05, 0.1) is 10.9 Å². The summed E-state index contributed by atoms with van der Waals surface area (Å²) >= 11 is 0. The average molecular weight is 267 g/mol. The fourth-order valence-corrected chi connectivity index (χ4v) is 2.32. The van der Waals surface area contributed by atoms with E-state index in [1.165, 1.54) is 0 Å². The van der Waals surface area contributed by atoms with Crippen LogP contribution in [0.25, 0.3) is 17.0 Å². The molecule has 3 heteroatoms. The number of aliphatic carboxylic acids is 1. The standard InChI is InChI=1S/C17H17NO2/c1-2-14-6-5-13-4-3-12(11-15(13)18-14)7-8-17(9-10-17)16(19)20/h3-8,11H,2,9-10H2,1H3,(H,19,20)/b8-7+. The Morgan fingerprint density at radius 3 is 2.75 bits per heavy atom. The number of hydrogen-bond donors (Lipinski definition) is 1. The summed E-state index contributed by atoms with van der Waals surface area (Å²) in [4.78, 5) is 15.7. The largest absolute Gasteiger partial charge is 0.481 e. The van der Waals surface area contributed by atoms with Crippen LogP contribution in [0.1, 0.15) is 31.0 Å². The lowest BCUT2D eigenvalue weighted by Gasteiger charge is -2.04. The summed E-state index contributed by atoms with van der Waals surface area (Å²) in [7, 11) is 0. The van der Waals surface area contributed by atoms with Gasteiger partial charge in [-0.1, -0.05) is 37.3 Å². The Kier molecular flexibility index (Phi) is 3.05. The number of carboxylic acids is 1. The molecule has 0 amide bonds. The lowest BCUT2D eigenvalue weighted by Crippen LogP contribution is -2.10. The maximum atomic E-state index is 11.1. The van der Waals surface area contributed by atoms with Gasteiger partial charge in [-0.3, -0.25) is 9.78 Å². The smallest absolute Gasteiger partial charge is 0.313 e. The van der Waals surface area contributed by atoms with Crippen LogP contribution in [-0.4, -0.2) is 16.1 Å². The quantitative estimate of drug-likeness (QED) is 0.919. The van der Waals surface area contributed by atoms with E-state index in [-0.39, 0.29) is 0 Å². The van der Waals surface area contributed by atoms with Crippen LogP contribution in [-0.2, 0) is 11.2 Å². The third kappa shape index (κ3) is 2.31. The number of aromatic nitrogens is 1. The highest BCUT2D eigenvalue weighted by Gasteiger charge is 2.47. The molecule has 2 aromatic rings. The molecule has 20 heavy (non-hydrogen) atoms. The molecule has 0 aliphatic heterocycles. The van der Waals surface area contributed by atoms with Crippen LogP contribution >= 0.6 is 0 Å². The van der Waals surface area contributed by atoms with Crippen molar-refractivity contribution in [1.82, 2.24) is 4.98 Å². The molecule has 0 bridgehead atoms. The van der Waals surface area contributed by atoms with E-state index in [9.17, 15) is 4.79 Å². The third-order valence-electron chi connectivity index (χ3n) is 3.95. The summed E-state index contributed by atoms with van der Waals surface area (Å²) < 4.78 is 0. The van der Waals surface area contributed by atoms with Crippen molar-refractivity contribution in [1.29, 1.82) is 0 Å². The molecular formula is C17H17NO2. The Morgan fingerprint density at radius 2 is 2.10 bits per heavy atom. The molecule has 1 aromatic carbocycles. The molecule has 3 rings (SSSR count). The van der Waals surface area contributed by atoms with Crippen molar-refractivity contribution in [2.75, 3.05) is 0 Å². The number of rotatable bonds is 4. The van der Waals surface area contributed by atoms with E-state index >= 15 is 0 Å². The molecule has 3 nitrogen and oxygen atoms in total. The summed E-state index contributed by atoms with van der Waals surface area (Å²) in [6, 6.07) is 10.2. The summed E-state index contributed by atoms with van der Waals surface area (Å²) in [5, 5.41) is 10.3. The molecule has 0 unspecified atom stereocenters. The van der Waals surface area contributed by atoms with Gasteiger partial charge in [-0.05, 0) is 37.0 Å². The zero-order chi connectivity index (χ0) is 14.2. The van der Waals surface area contributed by atoms with Gasteiger partial charge in [0.25, 0.3) is 0 Å². The van der Waals surface area contributed by atoms with Gasteiger partial charge in [-0.2, -0.15) is 0 Å². The highest BCUT2D eigenvalue weighted by molar-refractivity contribution is 5.84. The Morgan fingerprint density at radius 1 is 1.35 bits per heavy atom. The fourth-order valence-electron chi connectivity index (χ4n) is 2.32. The van der Waals surface area contributed by atoms with Gasteiger partial charge >= 0.3 is 5.97 Å². The molecule has 1 aromatic heterocycles. The van der Waals surface area contributed by atoms with Gasteiger partial charge in [-0.15, -0.1) is 0 Å². The molecule has 1 aliphatic carbocycles. The molecule has 0 atom stereocenters. The minimum atomic E-state index is -0.721. The molecular weight excluding hydrogens is 250 g/mol. The molecule has 1 aliphatic rings. The van der Waals surface area contributed by atoms with Crippen LogP contribution < -0.4 is 0 Å². The number of fused-ring (bicyclic) bond motifs is 1. The topological polar surface area (TPSA) is 50.2 Å². The SMILES string of the molecule is CCc1ccc2ccc(/C=C/C3(C(=O)O)CC3)cc2n1. The van der Waals surface area contributed by atoms with Crippen molar-refractivity contribution < 1.29 is 9.90 Å². The van der Waals surface area contributed by atoms with E-state index in [2.05, 4.69) is 18.0 Å². The predicted molar refractivity (Wildman–Crippen MR) is 79.5 cm³/mol. The number of nitrogens with zero attached hydrogens (tertiary/aromatic N) is 1. The molecule has 1 heterocycles. The van der Waals surface area contributed by atoms with Crippen molar-refractivity contribution in [2.24, 2.45) is 5.41 Å². The van der Waals surface area contributed by atoms with Crippen molar-refractivity contribution in [2.45, 2.75) is 26.2 Å². The summed E-state index contributed by atoms with van der Waals surface area (Å²) in [6.45, 7) is 2.08. The minimum absolute atomic E-state index is 0.617. The van der Waals surface area contributed by atoms with Crippen LogP contribution in [0.15, 0.2) is 36.4 Å². The first kappa shape index (κ1) is 12.9. The minimum Gasteiger partial charge on any atom is -0.481 e. The zero-order valence-corrected chi connectivity index (χ0v) is 11.5. The summed E-state index contributed by atoms with van der Waals surface area (Å²) in [5.74, 6) is -0.721. The summed E-state index contributed by atoms with van der Waals surface area (Å²) in [6.07, 6.45) is 6.12. The maximum Gasteiger partial charge on any atom is 0.313 e. The molecule has 0 radical (unpaired) electrons. The Labute approximate surface area is 118 Å². The molecule has 1 saturated carbocycles. The number of aryl methyl sites for hydroxylation is 1. The number of carboxylic acid groups (broad SMARTS) is 1. The van der Waals surface area contributed by atoms with E-state index in [0.29, 0.717) is 0 Å². The van der Waals surface area contributed by atoms with Crippen LogP contribution in [0.3, 0.4) is 0 Å². The van der Waals surface area contributed by atoms with Gasteiger partial charge in [0.1, 0.15) is 0 Å². The second-order valence-electron chi connectivity index (χ2n) is 5.40. The Bertz CT molecular complexity index is 699. The van der Waals surface area contributed by atoms with Crippen LogP contribution in [0, 0.1) is 5.41 Å². The highest BCUT2D eigenvalue weighted by atomic mass is 16.4. The first-order valence-corrected chi connectivity index (χ1v) is 6.95. The van der Waals surface area contributed by atoms with Gasteiger partial charge in [0.2, 0.25) is 0 Å². The van der Waals surface area contributed by atoms with Gasteiger partial charge in [-0.25, -0.2) is 0 Å². The van der Waals surface area contributed by atoms with E-state index in [1.807, 2.05) is 36.4 Å². The third-order valence-corrected chi connectivity index (χ3v) is 3.95. The fraction of sp³-hybridized carbons (Fsp3) is 0.294. The molecule has 0 spiro atoms. The molecule has 1 fully saturated rings. The van der Waals surface area contributed by atoms with Crippen molar-refractivity contribution in [3.63, 3.8) is 0 Å². The first-order chi connectivity index (χ1) is 9.63. The number of hydrogen-bond acceptors (Lipinski definition) is 2. The van der Waals surface area contributed by atoms with Crippen LogP contribution in [0.4, 0.5) is 0 Å². The lowest BCUT2D eigenvalue weighted by atomic mass is 10.0. The van der Waals surface area contributed by atoms with Crippen molar-refractivity contribution in [3.8, 4) is 0 Å². The molecule has 1 N–H and O–H groups in total. The summed E-state index contributed by atoms with van der Waals surface area (Å²) in [5.41, 5.74) is 2.42. The highest BCUT2D eigenvalue weighted by Crippen LogP contribution is 2.47. The number of carbonyl (C=O) groups is 1. The Balaban J connectivity index is 1.92. The van der Waals surface area contributed by atoms with E-state index < -0.39 is 11.4 Å². The average Bonchev–Trinajstić information content (AvgIpc) is 3.25. The predicted octanol–water partition coefficient (Wildman–Crippen LogP) is 3.68. The maximum absolute atomic E-state index is 11.1. The zero-order valence-electron chi connectivity index (χ0n) is 11.5. The molecule has 102 valence electrons. The normalized spacial score (nSPS) is 16.6. The Hall–Kier alpha value is -2.16. The van der Waals surface area contributed by atoms with Crippen molar-refractivity contribution in [3.05, 3.63) is 47.7 Å². The second kappa shape index (κ2) is 4.75. The van der Waals surface area contributed by atoms with E-state index in [0.717, 1.165) is 41.4 Å². The second-order valence-corrected chi connectivity index (χ2v) is 5.40. The van der Waals surface area contributed by atoms with Crippen LogP contribution in [0.5, 0.6) is 0 Å². The van der Waals surface area contributed by atoms with E-state index in [1.54, 1.807) is 0 Å².